The molecule has 6 heteroatoms. The van der Waals surface area contributed by atoms with Gasteiger partial charge in [0, 0.05) is 31.0 Å². The fourth-order valence-electron chi connectivity index (χ4n) is 3.30. The van der Waals surface area contributed by atoms with Crippen LogP contribution in [0.25, 0.3) is 11.4 Å². The summed E-state index contributed by atoms with van der Waals surface area (Å²) >= 11 is 0. The molecule has 1 aliphatic heterocycles. The van der Waals surface area contributed by atoms with Gasteiger partial charge < -0.3 is 9.63 Å². The van der Waals surface area contributed by atoms with Crippen molar-refractivity contribution >= 4 is 0 Å². The molecule has 0 spiro atoms. The fourth-order valence-corrected chi connectivity index (χ4v) is 3.30. The Labute approximate surface area is 146 Å². The molecule has 1 saturated heterocycles. The summed E-state index contributed by atoms with van der Waals surface area (Å²) < 4.78 is 5.51. The van der Waals surface area contributed by atoms with E-state index in [0.717, 1.165) is 12.1 Å². The number of β-amino-alcohol motifs (C(OH)–C–C–N with tert-alkyl or cyclic N) is 1. The Kier molecular flexibility index (Phi) is 4.29. The monoisotopic (exact) mass is 336 g/mol. The molecule has 1 aliphatic rings. The molecule has 128 valence electrons. The molecule has 2 aromatic heterocycles. The maximum atomic E-state index is 10.2. The number of benzene rings is 1. The molecule has 1 aromatic carbocycles. The van der Waals surface area contributed by atoms with Crippen LogP contribution < -0.4 is 0 Å². The van der Waals surface area contributed by atoms with Crippen molar-refractivity contribution < 1.29 is 9.63 Å². The number of aliphatic hydroxyl groups is 1. The van der Waals surface area contributed by atoms with Crippen LogP contribution in [0.5, 0.6) is 0 Å². The van der Waals surface area contributed by atoms with Gasteiger partial charge in [-0.2, -0.15) is 4.98 Å². The Balaban J connectivity index is 1.58. The maximum absolute atomic E-state index is 10.2. The number of aryl methyl sites for hydroxylation is 1. The molecule has 0 bridgehead atoms. The Hall–Kier alpha value is -2.57. The van der Waals surface area contributed by atoms with Gasteiger partial charge in [-0.05, 0) is 36.6 Å². The van der Waals surface area contributed by atoms with Crippen molar-refractivity contribution in [1.82, 2.24) is 20.0 Å². The number of likely N-dealkylation sites (tertiary alicyclic amines) is 1. The van der Waals surface area contributed by atoms with Crippen LogP contribution in [0.3, 0.4) is 0 Å². The minimum atomic E-state index is -0.386. The first kappa shape index (κ1) is 15.9. The van der Waals surface area contributed by atoms with Crippen molar-refractivity contribution in [3.8, 4) is 11.4 Å². The van der Waals surface area contributed by atoms with E-state index in [0.29, 0.717) is 24.7 Å². The molecule has 0 saturated carbocycles. The predicted molar refractivity (Wildman–Crippen MR) is 92.5 cm³/mol. The van der Waals surface area contributed by atoms with Gasteiger partial charge in [0.2, 0.25) is 11.7 Å². The van der Waals surface area contributed by atoms with Crippen LogP contribution in [0.2, 0.25) is 0 Å². The smallest absolute Gasteiger partial charge is 0.244 e. The quantitative estimate of drug-likeness (QED) is 0.789. The van der Waals surface area contributed by atoms with Crippen molar-refractivity contribution in [2.45, 2.75) is 32.0 Å². The summed E-state index contributed by atoms with van der Waals surface area (Å²) in [6.45, 7) is 3.45. The number of hydrogen-bond acceptors (Lipinski definition) is 6. The van der Waals surface area contributed by atoms with Crippen LogP contribution in [0.15, 0.2) is 53.3 Å². The molecule has 4 rings (SSSR count). The second-order valence-electron chi connectivity index (χ2n) is 6.46. The lowest BCUT2D eigenvalue weighted by molar-refractivity contribution is 0.169. The second-order valence-corrected chi connectivity index (χ2v) is 6.46. The lowest BCUT2D eigenvalue weighted by atomic mass is 10.1. The highest BCUT2D eigenvalue weighted by molar-refractivity contribution is 5.51. The number of pyridine rings is 1. The van der Waals surface area contributed by atoms with E-state index in [4.69, 9.17) is 4.52 Å². The van der Waals surface area contributed by atoms with Crippen LogP contribution >= 0.6 is 0 Å². The van der Waals surface area contributed by atoms with E-state index in [1.54, 1.807) is 12.4 Å². The van der Waals surface area contributed by atoms with Crippen molar-refractivity contribution in [2.75, 3.05) is 6.54 Å². The number of aliphatic hydroxyl groups excluding tert-OH is 1. The number of aromatic nitrogens is 3. The van der Waals surface area contributed by atoms with Gasteiger partial charge in [-0.25, -0.2) is 0 Å². The van der Waals surface area contributed by atoms with Crippen LogP contribution in [0.4, 0.5) is 0 Å². The average molecular weight is 336 g/mol. The Morgan fingerprint density at radius 1 is 1.24 bits per heavy atom. The van der Waals surface area contributed by atoms with Gasteiger partial charge in [-0.3, -0.25) is 9.88 Å². The van der Waals surface area contributed by atoms with Crippen LogP contribution in [0, 0.1) is 6.92 Å². The summed E-state index contributed by atoms with van der Waals surface area (Å²) in [5, 5.41) is 14.2. The summed E-state index contributed by atoms with van der Waals surface area (Å²) in [5.41, 5.74) is 3.30. The second kappa shape index (κ2) is 6.74. The molecule has 2 unspecified atom stereocenters. The van der Waals surface area contributed by atoms with Crippen molar-refractivity contribution in [3.05, 3.63) is 65.8 Å². The highest BCUT2D eigenvalue weighted by atomic mass is 16.5. The van der Waals surface area contributed by atoms with Gasteiger partial charge in [0.05, 0.1) is 12.1 Å². The SMILES string of the molecule is Cc1ccccc1CN1CC(O)CC1c1nc(-c2cccnc2)no1. The zero-order valence-electron chi connectivity index (χ0n) is 14.0. The maximum Gasteiger partial charge on any atom is 0.244 e. The molecule has 3 aromatic rings. The van der Waals surface area contributed by atoms with Crippen LogP contribution in [-0.2, 0) is 6.54 Å². The standard InChI is InChI=1S/C19H20N4O2/c1-13-5-2-3-6-15(13)11-23-12-16(24)9-17(23)19-21-18(22-25-19)14-7-4-8-20-10-14/h2-8,10,16-17,24H,9,11-12H2,1H3. The van der Waals surface area contributed by atoms with Gasteiger partial charge >= 0.3 is 0 Å². The van der Waals surface area contributed by atoms with E-state index in [9.17, 15) is 5.11 Å². The van der Waals surface area contributed by atoms with Gasteiger partial charge in [-0.15, -0.1) is 0 Å². The van der Waals surface area contributed by atoms with Crippen LogP contribution in [0.1, 0.15) is 29.5 Å². The first-order valence-corrected chi connectivity index (χ1v) is 8.41. The lowest BCUT2D eigenvalue weighted by Crippen LogP contribution is -2.24. The zero-order valence-corrected chi connectivity index (χ0v) is 14.0. The molecule has 6 nitrogen and oxygen atoms in total. The topological polar surface area (TPSA) is 75.3 Å². The average Bonchev–Trinajstić information content (AvgIpc) is 3.24. The predicted octanol–water partition coefficient (Wildman–Crippen LogP) is 2.75. The fraction of sp³-hybridized carbons (Fsp3) is 0.316. The Morgan fingerprint density at radius 2 is 2.12 bits per heavy atom. The van der Waals surface area contributed by atoms with E-state index < -0.39 is 0 Å². The van der Waals surface area contributed by atoms with E-state index in [-0.39, 0.29) is 12.1 Å². The molecule has 2 atom stereocenters. The van der Waals surface area contributed by atoms with Crippen molar-refractivity contribution in [2.24, 2.45) is 0 Å². The lowest BCUT2D eigenvalue weighted by Gasteiger charge is -2.22. The third kappa shape index (κ3) is 3.31. The number of hydrogen-bond donors (Lipinski definition) is 1. The van der Waals surface area contributed by atoms with E-state index in [1.165, 1.54) is 11.1 Å². The van der Waals surface area contributed by atoms with Gasteiger partial charge in [0.15, 0.2) is 0 Å². The van der Waals surface area contributed by atoms with Gasteiger partial charge in [-0.1, -0.05) is 29.4 Å². The minimum Gasteiger partial charge on any atom is -0.392 e. The number of nitrogens with zero attached hydrogens (tertiary/aromatic N) is 4. The minimum absolute atomic E-state index is 0.0764. The molecule has 0 amide bonds. The summed E-state index contributed by atoms with van der Waals surface area (Å²) in [6.07, 6.45) is 3.63. The Bertz CT molecular complexity index is 849. The summed E-state index contributed by atoms with van der Waals surface area (Å²) in [4.78, 5) is 10.8. The molecule has 3 heterocycles. The van der Waals surface area contributed by atoms with Crippen molar-refractivity contribution in [1.29, 1.82) is 0 Å². The molecule has 25 heavy (non-hydrogen) atoms. The summed E-state index contributed by atoms with van der Waals surface area (Å²) in [6, 6.07) is 12.0. The molecule has 0 aliphatic carbocycles. The normalized spacial score (nSPS) is 20.9. The van der Waals surface area contributed by atoms with Crippen molar-refractivity contribution in [3.63, 3.8) is 0 Å². The highest BCUT2D eigenvalue weighted by Crippen LogP contribution is 2.33. The van der Waals surface area contributed by atoms with E-state index in [1.807, 2.05) is 24.3 Å². The third-order valence-electron chi connectivity index (χ3n) is 4.66. The van der Waals surface area contributed by atoms with Gasteiger partial charge in [0.25, 0.3) is 0 Å². The zero-order chi connectivity index (χ0) is 17.2. The Morgan fingerprint density at radius 3 is 2.92 bits per heavy atom. The molecule has 1 fully saturated rings. The molecular weight excluding hydrogens is 316 g/mol. The van der Waals surface area contributed by atoms with E-state index in [2.05, 4.69) is 39.1 Å². The highest BCUT2D eigenvalue weighted by Gasteiger charge is 2.36. The van der Waals surface area contributed by atoms with Gasteiger partial charge in [0.1, 0.15) is 0 Å². The summed E-state index contributed by atoms with van der Waals surface area (Å²) in [7, 11) is 0. The third-order valence-corrected chi connectivity index (χ3v) is 4.66. The molecular formula is C19H20N4O2. The van der Waals surface area contributed by atoms with E-state index >= 15 is 0 Å². The first-order chi connectivity index (χ1) is 12.2. The molecule has 1 N–H and O–H groups in total. The molecule has 0 radical (unpaired) electrons. The largest absolute Gasteiger partial charge is 0.392 e. The first-order valence-electron chi connectivity index (χ1n) is 8.41. The summed E-state index contributed by atoms with van der Waals surface area (Å²) in [5.74, 6) is 1.07. The number of rotatable bonds is 4. The van der Waals surface area contributed by atoms with Crippen LogP contribution in [-0.4, -0.2) is 37.8 Å².